The molecule has 142 valence electrons. The van der Waals surface area contributed by atoms with Gasteiger partial charge in [0.2, 0.25) is 11.8 Å². The van der Waals surface area contributed by atoms with Gasteiger partial charge in [-0.15, -0.1) is 0 Å². The minimum Gasteiger partial charge on any atom is -0.372 e. The largest absolute Gasteiger partial charge is 0.372 e. The number of nitrogens with zero attached hydrogens (tertiary/aromatic N) is 2. The van der Waals surface area contributed by atoms with E-state index in [4.69, 9.17) is 11.6 Å². The summed E-state index contributed by atoms with van der Waals surface area (Å²) in [4.78, 5) is 28.2. The van der Waals surface area contributed by atoms with Gasteiger partial charge in [0.25, 0.3) is 0 Å². The molecule has 2 amide bonds. The van der Waals surface area contributed by atoms with Crippen LogP contribution in [0.2, 0.25) is 5.02 Å². The van der Waals surface area contributed by atoms with E-state index in [0.717, 1.165) is 24.3 Å². The number of hydrogen-bond donors (Lipinski definition) is 1. The highest BCUT2D eigenvalue weighted by molar-refractivity contribution is 6.31. The van der Waals surface area contributed by atoms with Crippen LogP contribution >= 0.6 is 11.6 Å². The van der Waals surface area contributed by atoms with Gasteiger partial charge >= 0.3 is 0 Å². The third-order valence-electron chi connectivity index (χ3n) is 4.72. The summed E-state index contributed by atoms with van der Waals surface area (Å²) in [6.45, 7) is 3.91. The average molecular weight is 386 g/mol. The van der Waals surface area contributed by atoms with Crippen LogP contribution in [0, 0.1) is 0 Å². The van der Waals surface area contributed by atoms with E-state index in [2.05, 4.69) is 10.2 Å². The second kappa shape index (κ2) is 8.91. The van der Waals surface area contributed by atoms with Crippen molar-refractivity contribution in [2.24, 2.45) is 0 Å². The van der Waals surface area contributed by atoms with Crippen molar-refractivity contribution in [1.29, 1.82) is 0 Å². The molecule has 5 nitrogen and oxygen atoms in total. The Morgan fingerprint density at radius 1 is 1.07 bits per heavy atom. The van der Waals surface area contributed by atoms with Crippen LogP contribution in [-0.4, -0.2) is 36.3 Å². The van der Waals surface area contributed by atoms with Crippen LogP contribution in [0.15, 0.2) is 48.5 Å². The van der Waals surface area contributed by atoms with E-state index in [-0.39, 0.29) is 18.4 Å². The smallest absolute Gasteiger partial charge is 0.244 e. The maximum atomic E-state index is 12.4. The molecule has 1 fully saturated rings. The Morgan fingerprint density at radius 3 is 2.37 bits per heavy atom. The van der Waals surface area contributed by atoms with Crippen molar-refractivity contribution in [2.75, 3.05) is 29.9 Å². The summed E-state index contributed by atoms with van der Waals surface area (Å²) in [6.07, 6.45) is 2.45. The predicted octanol–water partition coefficient (Wildman–Crippen LogP) is 3.93. The molecular formula is C21H24ClN3O2. The van der Waals surface area contributed by atoms with Gasteiger partial charge in [-0.05, 0) is 48.7 Å². The Balaban J connectivity index is 1.59. The van der Waals surface area contributed by atoms with Gasteiger partial charge in [-0.2, -0.15) is 0 Å². The Kier molecular flexibility index (Phi) is 6.35. The van der Waals surface area contributed by atoms with Crippen molar-refractivity contribution < 1.29 is 9.59 Å². The molecule has 0 atom stereocenters. The first kappa shape index (κ1) is 19.2. The maximum Gasteiger partial charge on any atom is 0.244 e. The van der Waals surface area contributed by atoms with Gasteiger partial charge in [0.1, 0.15) is 6.54 Å². The first-order valence-electron chi connectivity index (χ1n) is 9.17. The molecule has 0 radical (unpaired) electrons. The standard InChI is InChI=1S/C21H24ClN3O2/c1-16(26)25(14-17-6-2-3-7-20(17)22)15-21(27)23-18-8-10-19(11-9-18)24-12-4-5-13-24/h2-3,6-11H,4-5,12-15H2,1H3,(H,23,27). The van der Waals surface area contributed by atoms with Crippen molar-refractivity contribution in [3.63, 3.8) is 0 Å². The molecule has 1 N–H and O–H groups in total. The zero-order valence-corrected chi connectivity index (χ0v) is 16.2. The zero-order valence-electron chi connectivity index (χ0n) is 15.5. The van der Waals surface area contributed by atoms with Gasteiger partial charge in [0, 0.05) is 43.0 Å². The summed E-state index contributed by atoms with van der Waals surface area (Å²) < 4.78 is 0. The second-order valence-corrected chi connectivity index (χ2v) is 7.16. The molecule has 6 heteroatoms. The normalized spacial score (nSPS) is 13.5. The van der Waals surface area contributed by atoms with Crippen molar-refractivity contribution in [1.82, 2.24) is 4.90 Å². The highest BCUT2D eigenvalue weighted by atomic mass is 35.5. The summed E-state index contributed by atoms with van der Waals surface area (Å²) in [5, 5.41) is 3.45. The molecule has 0 saturated carbocycles. The monoisotopic (exact) mass is 385 g/mol. The molecule has 0 aliphatic carbocycles. The third-order valence-corrected chi connectivity index (χ3v) is 5.09. The second-order valence-electron chi connectivity index (χ2n) is 6.76. The van der Waals surface area contributed by atoms with E-state index in [0.29, 0.717) is 11.6 Å². The van der Waals surface area contributed by atoms with Crippen molar-refractivity contribution in [3.05, 3.63) is 59.1 Å². The van der Waals surface area contributed by atoms with Crippen LogP contribution < -0.4 is 10.2 Å². The van der Waals surface area contributed by atoms with Crippen molar-refractivity contribution in [3.8, 4) is 0 Å². The lowest BCUT2D eigenvalue weighted by molar-refractivity contribution is -0.133. The molecule has 0 spiro atoms. The summed E-state index contributed by atoms with van der Waals surface area (Å²) in [7, 11) is 0. The van der Waals surface area contributed by atoms with E-state index in [1.807, 2.05) is 42.5 Å². The minimum absolute atomic E-state index is 0.0194. The topological polar surface area (TPSA) is 52.7 Å². The van der Waals surface area contributed by atoms with Crippen LogP contribution in [0.3, 0.4) is 0 Å². The van der Waals surface area contributed by atoms with Crippen LogP contribution in [0.4, 0.5) is 11.4 Å². The lowest BCUT2D eigenvalue weighted by Crippen LogP contribution is -2.36. The molecule has 2 aromatic carbocycles. The Labute approximate surface area is 164 Å². The van der Waals surface area contributed by atoms with Crippen LogP contribution in [0.1, 0.15) is 25.3 Å². The molecule has 0 aromatic heterocycles. The predicted molar refractivity (Wildman–Crippen MR) is 109 cm³/mol. The van der Waals surface area contributed by atoms with Gasteiger partial charge in [-0.1, -0.05) is 29.8 Å². The number of hydrogen-bond acceptors (Lipinski definition) is 3. The Hall–Kier alpha value is -2.53. The molecule has 1 aliphatic rings. The molecule has 2 aromatic rings. The van der Waals surface area contributed by atoms with E-state index >= 15 is 0 Å². The number of nitrogens with one attached hydrogen (secondary N) is 1. The SMILES string of the molecule is CC(=O)N(CC(=O)Nc1ccc(N2CCCC2)cc1)Cc1ccccc1Cl. The minimum atomic E-state index is -0.230. The summed E-state index contributed by atoms with van der Waals surface area (Å²) in [5.74, 6) is -0.402. The van der Waals surface area contributed by atoms with Gasteiger partial charge in [0.15, 0.2) is 0 Å². The zero-order chi connectivity index (χ0) is 19.2. The number of anilines is 2. The molecule has 0 bridgehead atoms. The maximum absolute atomic E-state index is 12.4. The molecule has 0 unspecified atom stereocenters. The fourth-order valence-corrected chi connectivity index (χ4v) is 3.41. The highest BCUT2D eigenvalue weighted by Crippen LogP contribution is 2.22. The summed E-state index contributed by atoms with van der Waals surface area (Å²) in [6, 6.07) is 15.2. The van der Waals surface area contributed by atoms with Crippen LogP contribution in [0.5, 0.6) is 0 Å². The first-order valence-corrected chi connectivity index (χ1v) is 9.54. The number of carbonyl (C=O) groups is 2. The number of rotatable bonds is 6. The Bertz CT molecular complexity index is 801. The van der Waals surface area contributed by atoms with Gasteiger partial charge < -0.3 is 15.1 Å². The highest BCUT2D eigenvalue weighted by Gasteiger charge is 2.16. The first-order chi connectivity index (χ1) is 13.0. The fraction of sp³-hybridized carbons (Fsp3) is 0.333. The van der Waals surface area contributed by atoms with Gasteiger partial charge in [0.05, 0.1) is 0 Å². The molecular weight excluding hydrogens is 362 g/mol. The van der Waals surface area contributed by atoms with E-state index < -0.39 is 0 Å². The van der Waals surface area contributed by atoms with Gasteiger partial charge in [-0.3, -0.25) is 9.59 Å². The lowest BCUT2D eigenvalue weighted by Gasteiger charge is -2.21. The number of amides is 2. The van der Waals surface area contributed by atoms with Crippen molar-refractivity contribution >= 4 is 34.8 Å². The molecule has 1 heterocycles. The average Bonchev–Trinajstić information content (AvgIpc) is 3.18. The summed E-state index contributed by atoms with van der Waals surface area (Å²) in [5.41, 5.74) is 2.72. The fourth-order valence-electron chi connectivity index (χ4n) is 3.22. The molecule has 1 saturated heterocycles. The van der Waals surface area contributed by atoms with E-state index in [1.165, 1.54) is 30.4 Å². The van der Waals surface area contributed by atoms with Crippen LogP contribution in [-0.2, 0) is 16.1 Å². The molecule has 3 rings (SSSR count). The van der Waals surface area contributed by atoms with E-state index in [9.17, 15) is 9.59 Å². The summed E-state index contributed by atoms with van der Waals surface area (Å²) >= 11 is 6.17. The quantitative estimate of drug-likeness (QED) is 0.819. The Morgan fingerprint density at radius 2 is 1.74 bits per heavy atom. The van der Waals surface area contributed by atoms with Crippen molar-refractivity contribution in [2.45, 2.75) is 26.3 Å². The number of benzene rings is 2. The van der Waals surface area contributed by atoms with Crippen LogP contribution in [0.25, 0.3) is 0 Å². The molecule has 1 aliphatic heterocycles. The lowest BCUT2D eigenvalue weighted by atomic mass is 10.2. The van der Waals surface area contributed by atoms with Gasteiger partial charge in [-0.25, -0.2) is 0 Å². The molecule has 27 heavy (non-hydrogen) atoms. The number of halogens is 1. The van der Waals surface area contributed by atoms with E-state index in [1.54, 1.807) is 6.07 Å². The number of carbonyl (C=O) groups excluding carboxylic acids is 2. The third kappa shape index (κ3) is 5.23.